The van der Waals surface area contributed by atoms with Crippen LogP contribution in [-0.4, -0.2) is 43.2 Å². The largest absolute Gasteiger partial charge is 0.494 e. The second-order valence-electron chi connectivity index (χ2n) is 8.47. The molecule has 1 saturated heterocycles. The summed E-state index contributed by atoms with van der Waals surface area (Å²) in [5.41, 5.74) is 1.67. The molecule has 1 heterocycles. The molecule has 31 heavy (non-hydrogen) atoms. The Morgan fingerprint density at radius 2 is 1.77 bits per heavy atom. The maximum atomic E-state index is 13.0. The first kappa shape index (κ1) is 23.3. The number of nitrogens with zero attached hydrogens (tertiary/aromatic N) is 1. The first-order chi connectivity index (χ1) is 15.1. The van der Waals surface area contributed by atoms with E-state index in [2.05, 4.69) is 41.4 Å². The number of ether oxygens (including phenoxy) is 2. The molecule has 1 atom stereocenters. The lowest BCUT2D eigenvalue weighted by Gasteiger charge is -2.44. The number of rotatable bonds is 10. The highest BCUT2D eigenvalue weighted by molar-refractivity contribution is 5.93. The van der Waals surface area contributed by atoms with Crippen molar-refractivity contribution in [1.29, 1.82) is 0 Å². The number of methoxy groups -OCH3 is 1. The van der Waals surface area contributed by atoms with Gasteiger partial charge in [0.15, 0.2) is 0 Å². The van der Waals surface area contributed by atoms with Crippen molar-refractivity contribution in [3.8, 4) is 5.75 Å². The molecule has 0 spiro atoms. The molecule has 1 aliphatic rings. The number of amides is 1. The third kappa shape index (κ3) is 6.31. The standard InChI is InChI=1S/C26H36N2O3/c1-4-5-19-31-24-13-11-23(12-14-24)27-25(29)21(2)26(30-3)15-17-28(18-16-26)20-22-9-7-6-8-10-22/h6-14,21H,4-5,15-20H2,1-3H3,(H,27,29). The van der Waals surface area contributed by atoms with Crippen molar-refractivity contribution in [3.05, 3.63) is 60.2 Å². The lowest BCUT2D eigenvalue weighted by atomic mass is 9.79. The van der Waals surface area contributed by atoms with Crippen LogP contribution < -0.4 is 10.1 Å². The number of unbranched alkanes of at least 4 members (excludes halogenated alkanes) is 1. The molecule has 2 aromatic carbocycles. The third-order valence-corrected chi connectivity index (χ3v) is 6.43. The zero-order valence-electron chi connectivity index (χ0n) is 19.1. The van der Waals surface area contributed by atoms with Crippen molar-refractivity contribution in [1.82, 2.24) is 4.90 Å². The molecule has 0 aromatic heterocycles. The Kier molecular flexibility index (Phi) is 8.50. The molecule has 168 valence electrons. The zero-order valence-corrected chi connectivity index (χ0v) is 19.1. The Morgan fingerprint density at radius 3 is 2.39 bits per heavy atom. The van der Waals surface area contributed by atoms with Crippen molar-refractivity contribution < 1.29 is 14.3 Å². The molecule has 0 aliphatic carbocycles. The second kappa shape index (κ2) is 11.3. The van der Waals surface area contributed by atoms with Crippen LogP contribution in [0.5, 0.6) is 5.75 Å². The molecular weight excluding hydrogens is 388 g/mol. The SMILES string of the molecule is CCCCOc1ccc(NC(=O)C(C)C2(OC)CCN(Cc3ccccc3)CC2)cc1. The van der Waals surface area contributed by atoms with E-state index in [1.807, 2.05) is 37.3 Å². The highest BCUT2D eigenvalue weighted by Crippen LogP contribution is 2.34. The summed E-state index contributed by atoms with van der Waals surface area (Å²) in [5.74, 6) is 0.591. The molecule has 0 saturated carbocycles. The normalized spacial score (nSPS) is 17.1. The number of hydrogen-bond donors (Lipinski definition) is 1. The molecule has 5 nitrogen and oxygen atoms in total. The van der Waals surface area contributed by atoms with Crippen molar-refractivity contribution in [2.75, 3.05) is 32.1 Å². The van der Waals surface area contributed by atoms with Crippen molar-refractivity contribution in [3.63, 3.8) is 0 Å². The van der Waals surface area contributed by atoms with E-state index in [-0.39, 0.29) is 11.8 Å². The van der Waals surface area contributed by atoms with Gasteiger partial charge in [0.2, 0.25) is 5.91 Å². The van der Waals surface area contributed by atoms with Crippen molar-refractivity contribution in [2.24, 2.45) is 5.92 Å². The molecule has 1 unspecified atom stereocenters. The van der Waals surface area contributed by atoms with Gasteiger partial charge >= 0.3 is 0 Å². The third-order valence-electron chi connectivity index (χ3n) is 6.43. The van der Waals surface area contributed by atoms with Crippen LogP contribution in [0.2, 0.25) is 0 Å². The Labute approximate surface area is 186 Å². The monoisotopic (exact) mass is 424 g/mol. The van der Waals surface area contributed by atoms with Gasteiger partial charge in [0, 0.05) is 32.4 Å². The van der Waals surface area contributed by atoms with Crippen LogP contribution in [0.1, 0.15) is 45.1 Å². The van der Waals surface area contributed by atoms with Gasteiger partial charge in [0.1, 0.15) is 5.75 Å². The summed E-state index contributed by atoms with van der Waals surface area (Å²) in [6.45, 7) is 7.62. The Hall–Kier alpha value is -2.37. The Bertz CT molecular complexity index is 799. The molecule has 0 radical (unpaired) electrons. The molecule has 0 bridgehead atoms. The topological polar surface area (TPSA) is 50.8 Å². The highest BCUT2D eigenvalue weighted by Gasteiger charge is 2.42. The molecule has 3 rings (SSSR count). The molecule has 1 amide bonds. The fourth-order valence-electron chi connectivity index (χ4n) is 4.20. The Balaban J connectivity index is 1.53. The highest BCUT2D eigenvalue weighted by atomic mass is 16.5. The number of anilines is 1. The predicted molar refractivity (Wildman–Crippen MR) is 125 cm³/mol. The number of carbonyl (C=O) groups excluding carboxylic acids is 1. The summed E-state index contributed by atoms with van der Waals surface area (Å²) in [4.78, 5) is 15.4. The fraction of sp³-hybridized carbons (Fsp3) is 0.500. The van der Waals surface area contributed by atoms with Crippen LogP contribution in [0.4, 0.5) is 5.69 Å². The summed E-state index contributed by atoms with van der Waals surface area (Å²) in [7, 11) is 1.74. The lowest BCUT2D eigenvalue weighted by molar-refractivity contribution is -0.138. The van der Waals surface area contributed by atoms with Crippen LogP contribution in [0.15, 0.2) is 54.6 Å². The molecule has 1 fully saturated rings. The van der Waals surface area contributed by atoms with Crippen LogP contribution >= 0.6 is 0 Å². The Morgan fingerprint density at radius 1 is 1.10 bits per heavy atom. The van der Waals surface area contributed by atoms with Crippen molar-refractivity contribution in [2.45, 2.75) is 51.7 Å². The first-order valence-electron chi connectivity index (χ1n) is 11.4. The predicted octanol–water partition coefficient (Wildman–Crippen LogP) is 5.12. The maximum Gasteiger partial charge on any atom is 0.230 e. The van der Waals surface area contributed by atoms with Crippen LogP contribution in [0.3, 0.4) is 0 Å². The summed E-state index contributed by atoms with van der Waals surface area (Å²) in [6, 6.07) is 18.1. The number of nitrogens with one attached hydrogen (secondary N) is 1. The van der Waals surface area contributed by atoms with E-state index in [0.29, 0.717) is 0 Å². The molecule has 1 aliphatic heterocycles. The number of carbonyl (C=O) groups is 1. The van der Waals surface area contributed by atoms with E-state index in [1.54, 1.807) is 7.11 Å². The van der Waals surface area contributed by atoms with E-state index < -0.39 is 5.60 Å². The average molecular weight is 425 g/mol. The summed E-state index contributed by atoms with van der Waals surface area (Å²) in [5, 5.41) is 3.06. The molecule has 5 heteroatoms. The zero-order chi connectivity index (χ0) is 22.1. The van der Waals surface area contributed by atoms with Gasteiger partial charge in [-0.2, -0.15) is 0 Å². The maximum absolute atomic E-state index is 13.0. The summed E-state index contributed by atoms with van der Waals surface area (Å²) >= 11 is 0. The van der Waals surface area contributed by atoms with Gasteiger partial charge in [-0.3, -0.25) is 9.69 Å². The van der Waals surface area contributed by atoms with Gasteiger partial charge in [0.05, 0.1) is 18.1 Å². The van der Waals surface area contributed by atoms with Crippen LogP contribution in [-0.2, 0) is 16.1 Å². The van der Waals surface area contributed by atoms with Gasteiger partial charge in [-0.15, -0.1) is 0 Å². The van der Waals surface area contributed by atoms with Gasteiger partial charge in [0.25, 0.3) is 0 Å². The molecule has 2 aromatic rings. The number of benzene rings is 2. The number of piperidine rings is 1. The van der Waals surface area contributed by atoms with Gasteiger partial charge in [-0.1, -0.05) is 50.6 Å². The second-order valence-corrected chi connectivity index (χ2v) is 8.47. The van der Waals surface area contributed by atoms with Crippen LogP contribution in [0.25, 0.3) is 0 Å². The van der Waals surface area contributed by atoms with E-state index >= 15 is 0 Å². The fourth-order valence-corrected chi connectivity index (χ4v) is 4.20. The first-order valence-corrected chi connectivity index (χ1v) is 11.4. The van der Waals surface area contributed by atoms with Crippen LogP contribution in [0, 0.1) is 5.92 Å². The molecular formula is C26H36N2O3. The summed E-state index contributed by atoms with van der Waals surface area (Å²) in [6.07, 6.45) is 3.83. The average Bonchev–Trinajstić information content (AvgIpc) is 2.81. The quantitative estimate of drug-likeness (QED) is 0.538. The number of hydrogen-bond acceptors (Lipinski definition) is 4. The van der Waals surface area contributed by atoms with Gasteiger partial charge < -0.3 is 14.8 Å². The molecule has 1 N–H and O–H groups in total. The van der Waals surface area contributed by atoms with Gasteiger partial charge in [-0.25, -0.2) is 0 Å². The smallest absolute Gasteiger partial charge is 0.230 e. The van der Waals surface area contributed by atoms with E-state index in [4.69, 9.17) is 9.47 Å². The van der Waals surface area contributed by atoms with E-state index in [9.17, 15) is 4.79 Å². The summed E-state index contributed by atoms with van der Waals surface area (Å²) < 4.78 is 11.7. The lowest BCUT2D eigenvalue weighted by Crippen LogP contribution is -2.52. The minimum atomic E-state index is -0.430. The number of likely N-dealkylation sites (tertiary alicyclic amines) is 1. The van der Waals surface area contributed by atoms with Crippen molar-refractivity contribution >= 4 is 11.6 Å². The van der Waals surface area contributed by atoms with Gasteiger partial charge in [-0.05, 0) is 49.1 Å². The van der Waals surface area contributed by atoms with E-state index in [0.717, 1.165) is 63.4 Å². The minimum Gasteiger partial charge on any atom is -0.494 e. The minimum absolute atomic E-state index is 0.00184. The van der Waals surface area contributed by atoms with E-state index in [1.165, 1.54) is 5.56 Å².